The molecular formula is C15H18N2O5. The van der Waals surface area contributed by atoms with Crippen molar-refractivity contribution in [2.75, 3.05) is 18.4 Å². The fraction of sp³-hybridized carbons (Fsp3) is 0.400. The van der Waals surface area contributed by atoms with Gasteiger partial charge >= 0.3 is 5.97 Å². The fourth-order valence-corrected chi connectivity index (χ4v) is 2.46. The predicted molar refractivity (Wildman–Crippen MR) is 78.7 cm³/mol. The van der Waals surface area contributed by atoms with Crippen molar-refractivity contribution in [3.63, 3.8) is 0 Å². The lowest BCUT2D eigenvalue weighted by atomic mass is 9.95. The van der Waals surface area contributed by atoms with Gasteiger partial charge in [0.2, 0.25) is 11.8 Å². The van der Waals surface area contributed by atoms with Crippen molar-refractivity contribution in [1.82, 2.24) is 4.90 Å². The van der Waals surface area contributed by atoms with Crippen LogP contribution >= 0.6 is 0 Å². The number of carbonyl (C=O) groups excluding carboxylic acids is 2. The summed E-state index contributed by atoms with van der Waals surface area (Å²) in [5.41, 5.74) is 0.134. The van der Waals surface area contributed by atoms with Gasteiger partial charge in [-0.2, -0.15) is 0 Å². The lowest BCUT2D eigenvalue weighted by Gasteiger charge is -2.30. The van der Waals surface area contributed by atoms with Crippen LogP contribution in [0.1, 0.15) is 30.1 Å². The second-order valence-electron chi connectivity index (χ2n) is 5.31. The highest BCUT2D eigenvalue weighted by molar-refractivity contribution is 5.95. The van der Waals surface area contributed by atoms with Gasteiger partial charge in [-0.15, -0.1) is 0 Å². The van der Waals surface area contributed by atoms with Gasteiger partial charge in [0.15, 0.2) is 0 Å². The van der Waals surface area contributed by atoms with Gasteiger partial charge in [0.1, 0.15) is 5.75 Å². The fourth-order valence-electron chi connectivity index (χ4n) is 2.46. The molecule has 0 aliphatic carbocycles. The summed E-state index contributed by atoms with van der Waals surface area (Å²) < 4.78 is 0. The number of carboxylic acids is 1. The number of amides is 2. The van der Waals surface area contributed by atoms with E-state index < -0.39 is 5.97 Å². The molecule has 22 heavy (non-hydrogen) atoms. The Morgan fingerprint density at radius 1 is 1.23 bits per heavy atom. The van der Waals surface area contributed by atoms with Crippen LogP contribution in [-0.4, -0.2) is 46.0 Å². The number of anilines is 1. The van der Waals surface area contributed by atoms with Crippen LogP contribution in [0.3, 0.4) is 0 Å². The van der Waals surface area contributed by atoms with Crippen molar-refractivity contribution >= 4 is 23.5 Å². The smallest absolute Gasteiger partial charge is 0.335 e. The number of carboxylic acid groups (broad SMARTS) is 1. The number of nitrogens with zero attached hydrogens (tertiary/aromatic N) is 1. The van der Waals surface area contributed by atoms with Gasteiger partial charge in [-0.3, -0.25) is 9.59 Å². The molecule has 2 amide bonds. The number of phenols is 1. The summed E-state index contributed by atoms with van der Waals surface area (Å²) in [6, 6.07) is 3.77. The first-order valence-electron chi connectivity index (χ1n) is 7.01. The van der Waals surface area contributed by atoms with E-state index in [1.807, 2.05) is 0 Å². The maximum absolute atomic E-state index is 12.2. The monoisotopic (exact) mass is 306 g/mol. The molecule has 118 valence electrons. The van der Waals surface area contributed by atoms with Gasteiger partial charge in [-0.25, -0.2) is 4.79 Å². The molecule has 0 atom stereocenters. The first-order chi connectivity index (χ1) is 10.4. The van der Waals surface area contributed by atoms with Gasteiger partial charge < -0.3 is 20.4 Å². The lowest BCUT2D eigenvalue weighted by Crippen LogP contribution is -2.40. The second kappa shape index (κ2) is 6.46. The van der Waals surface area contributed by atoms with Crippen LogP contribution in [0.25, 0.3) is 0 Å². The van der Waals surface area contributed by atoms with Crippen LogP contribution in [0.4, 0.5) is 5.69 Å². The summed E-state index contributed by atoms with van der Waals surface area (Å²) in [5, 5.41) is 21.2. The van der Waals surface area contributed by atoms with E-state index in [-0.39, 0.29) is 34.7 Å². The topological polar surface area (TPSA) is 107 Å². The lowest BCUT2D eigenvalue weighted by molar-refractivity contribution is -0.132. The summed E-state index contributed by atoms with van der Waals surface area (Å²) in [4.78, 5) is 35.9. The molecule has 3 N–H and O–H groups in total. The molecule has 2 rings (SSSR count). The Morgan fingerprint density at radius 2 is 1.86 bits per heavy atom. The third-order valence-electron chi connectivity index (χ3n) is 3.81. The number of hydrogen-bond donors (Lipinski definition) is 3. The van der Waals surface area contributed by atoms with Crippen LogP contribution in [0, 0.1) is 5.92 Å². The van der Waals surface area contributed by atoms with Gasteiger partial charge in [0.05, 0.1) is 11.3 Å². The molecule has 0 unspecified atom stereocenters. The minimum atomic E-state index is -1.15. The van der Waals surface area contributed by atoms with Crippen molar-refractivity contribution < 1.29 is 24.6 Å². The molecule has 7 heteroatoms. The summed E-state index contributed by atoms with van der Waals surface area (Å²) >= 11 is 0. The zero-order chi connectivity index (χ0) is 16.3. The highest BCUT2D eigenvalue weighted by Gasteiger charge is 2.26. The zero-order valence-corrected chi connectivity index (χ0v) is 12.2. The molecule has 0 radical (unpaired) electrons. The molecule has 1 aliphatic rings. The number of aromatic carboxylic acids is 1. The number of benzene rings is 1. The molecule has 1 fully saturated rings. The molecule has 1 aliphatic heterocycles. The minimum absolute atomic E-state index is 0.000706. The molecular weight excluding hydrogens is 288 g/mol. The Balaban J connectivity index is 1.98. The summed E-state index contributed by atoms with van der Waals surface area (Å²) in [7, 11) is 0. The highest BCUT2D eigenvalue weighted by atomic mass is 16.4. The summed E-state index contributed by atoms with van der Waals surface area (Å²) in [6.45, 7) is 2.58. The van der Waals surface area contributed by atoms with Crippen molar-refractivity contribution in [2.24, 2.45) is 5.92 Å². The standard InChI is InChI=1S/C15H18N2O5/c1-9(18)17-6-4-10(5-7-17)14(20)16-12-3-2-11(15(21)22)8-13(12)19/h2-3,8,10,19H,4-7H2,1H3,(H,16,20)(H,21,22). The quantitative estimate of drug-likeness (QED) is 0.729. The van der Waals surface area contributed by atoms with E-state index in [1.54, 1.807) is 4.90 Å². The molecule has 0 saturated carbocycles. The number of likely N-dealkylation sites (tertiary alicyclic amines) is 1. The molecule has 0 spiro atoms. The third-order valence-corrected chi connectivity index (χ3v) is 3.81. The van der Waals surface area contributed by atoms with Crippen LogP contribution in [0.15, 0.2) is 18.2 Å². The van der Waals surface area contributed by atoms with Crippen molar-refractivity contribution in [3.8, 4) is 5.75 Å². The van der Waals surface area contributed by atoms with Crippen LogP contribution in [-0.2, 0) is 9.59 Å². The third kappa shape index (κ3) is 3.55. The maximum atomic E-state index is 12.2. The Morgan fingerprint density at radius 3 is 2.36 bits per heavy atom. The molecule has 1 aromatic rings. The van der Waals surface area contributed by atoms with Crippen molar-refractivity contribution in [1.29, 1.82) is 0 Å². The molecule has 1 saturated heterocycles. The largest absolute Gasteiger partial charge is 0.506 e. The van der Waals surface area contributed by atoms with Crippen LogP contribution in [0.5, 0.6) is 5.75 Å². The summed E-state index contributed by atoms with van der Waals surface area (Å²) in [5.74, 6) is -1.89. The Bertz CT molecular complexity index is 606. The van der Waals surface area contributed by atoms with E-state index in [1.165, 1.54) is 19.1 Å². The van der Waals surface area contributed by atoms with Gasteiger partial charge in [0.25, 0.3) is 0 Å². The number of piperidine rings is 1. The normalized spacial score (nSPS) is 15.4. The average molecular weight is 306 g/mol. The minimum Gasteiger partial charge on any atom is -0.506 e. The highest BCUT2D eigenvalue weighted by Crippen LogP contribution is 2.26. The number of phenolic OH excluding ortho intramolecular Hbond substituents is 1. The van der Waals surface area contributed by atoms with E-state index in [0.717, 1.165) is 6.07 Å². The van der Waals surface area contributed by atoms with E-state index in [2.05, 4.69) is 5.32 Å². The zero-order valence-electron chi connectivity index (χ0n) is 12.2. The van der Waals surface area contributed by atoms with Crippen LogP contribution < -0.4 is 5.32 Å². The number of hydrogen-bond acceptors (Lipinski definition) is 4. The average Bonchev–Trinajstić information content (AvgIpc) is 2.49. The van der Waals surface area contributed by atoms with Gasteiger partial charge in [0, 0.05) is 25.9 Å². The molecule has 1 heterocycles. The second-order valence-corrected chi connectivity index (χ2v) is 5.31. The Hall–Kier alpha value is -2.57. The summed E-state index contributed by atoms with van der Waals surface area (Å²) in [6.07, 6.45) is 1.14. The predicted octanol–water partition coefficient (Wildman–Crippen LogP) is 1.29. The Kier molecular flexibility index (Phi) is 4.65. The first-order valence-corrected chi connectivity index (χ1v) is 7.01. The van der Waals surface area contributed by atoms with Gasteiger partial charge in [-0.05, 0) is 31.0 Å². The van der Waals surface area contributed by atoms with Crippen molar-refractivity contribution in [3.05, 3.63) is 23.8 Å². The van der Waals surface area contributed by atoms with E-state index in [4.69, 9.17) is 5.11 Å². The first kappa shape index (κ1) is 15.8. The number of carbonyl (C=O) groups is 3. The van der Waals surface area contributed by atoms with Crippen LogP contribution in [0.2, 0.25) is 0 Å². The van der Waals surface area contributed by atoms with Gasteiger partial charge in [-0.1, -0.05) is 0 Å². The molecule has 7 nitrogen and oxygen atoms in total. The van der Waals surface area contributed by atoms with E-state index >= 15 is 0 Å². The molecule has 1 aromatic carbocycles. The van der Waals surface area contributed by atoms with E-state index in [9.17, 15) is 19.5 Å². The Labute approximate surface area is 127 Å². The van der Waals surface area contributed by atoms with Crippen molar-refractivity contribution in [2.45, 2.75) is 19.8 Å². The van der Waals surface area contributed by atoms with E-state index in [0.29, 0.717) is 25.9 Å². The maximum Gasteiger partial charge on any atom is 0.335 e. The molecule has 0 bridgehead atoms. The SMILES string of the molecule is CC(=O)N1CCC(C(=O)Nc2ccc(C(=O)O)cc2O)CC1. The number of nitrogens with one attached hydrogen (secondary N) is 1. The molecule has 0 aromatic heterocycles. The number of aromatic hydroxyl groups is 1. The number of rotatable bonds is 3.